The monoisotopic (exact) mass is 460 g/mol. The lowest BCUT2D eigenvalue weighted by Gasteiger charge is -2.35. The number of imidazole rings is 1. The minimum Gasteiger partial charge on any atom is -0.379 e. The largest absolute Gasteiger partial charge is 0.379 e. The molecule has 0 atom stereocenters. The standard InChI is InChI=1S/C24H28N8O2/c1-4-32-21-17(24(33)31(3)16-10-12-30(2)13-11-16)14-26-18(15-8-6-5-7-9-15)19(21)27-23(32)20-22(25)29-34-28-20/h5-9,14,16H,4,10-13H2,1-3H3,(H2,25,29). The van der Waals surface area contributed by atoms with E-state index in [1.165, 1.54) is 0 Å². The van der Waals surface area contributed by atoms with Gasteiger partial charge in [-0.3, -0.25) is 9.78 Å². The number of likely N-dealkylation sites (tertiary alicyclic amines) is 1. The van der Waals surface area contributed by atoms with E-state index >= 15 is 0 Å². The molecule has 34 heavy (non-hydrogen) atoms. The number of nitrogens with zero attached hydrogens (tertiary/aromatic N) is 7. The number of hydrogen-bond donors (Lipinski definition) is 1. The number of anilines is 1. The molecule has 1 aromatic carbocycles. The molecule has 4 heterocycles. The number of pyridine rings is 1. The molecular formula is C24H28N8O2. The highest BCUT2D eigenvalue weighted by Crippen LogP contribution is 2.34. The number of nitrogens with two attached hydrogens (primary N) is 1. The van der Waals surface area contributed by atoms with E-state index in [4.69, 9.17) is 20.3 Å². The molecule has 2 N–H and O–H groups in total. The number of carbonyl (C=O) groups excluding carboxylic acids is 1. The van der Waals surface area contributed by atoms with E-state index in [9.17, 15) is 4.79 Å². The van der Waals surface area contributed by atoms with E-state index in [1.54, 1.807) is 6.20 Å². The first-order chi connectivity index (χ1) is 16.5. The highest BCUT2D eigenvalue weighted by molar-refractivity contribution is 6.08. The number of aryl methyl sites for hydroxylation is 1. The first-order valence-corrected chi connectivity index (χ1v) is 11.5. The summed E-state index contributed by atoms with van der Waals surface area (Å²) in [6.45, 7) is 4.48. The van der Waals surface area contributed by atoms with Gasteiger partial charge in [0.2, 0.25) is 0 Å². The quantitative estimate of drug-likeness (QED) is 0.483. The zero-order valence-electron chi connectivity index (χ0n) is 19.6. The SMILES string of the molecule is CCn1c(-c2nonc2N)nc2c(-c3ccccc3)ncc(C(=O)N(C)C3CCN(C)CC3)c21. The Morgan fingerprint density at radius 2 is 1.91 bits per heavy atom. The molecule has 0 radical (unpaired) electrons. The van der Waals surface area contributed by atoms with Gasteiger partial charge in [0.25, 0.3) is 5.91 Å². The van der Waals surface area contributed by atoms with Crippen LogP contribution in [-0.2, 0) is 6.54 Å². The fourth-order valence-electron chi connectivity index (χ4n) is 4.68. The lowest BCUT2D eigenvalue weighted by atomic mass is 10.0. The fraction of sp³-hybridized carbons (Fsp3) is 0.375. The van der Waals surface area contributed by atoms with Crippen molar-refractivity contribution >= 4 is 22.8 Å². The summed E-state index contributed by atoms with van der Waals surface area (Å²) >= 11 is 0. The van der Waals surface area contributed by atoms with Crippen molar-refractivity contribution in [2.75, 3.05) is 32.9 Å². The molecule has 1 saturated heterocycles. The lowest BCUT2D eigenvalue weighted by molar-refractivity contribution is 0.0661. The lowest BCUT2D eigenvalue weighted by Crippen LogP contribution is -2.44. The summed E-state index contributed by atoms with van der Waals surface area (Å²) in [7, 11) is 3.99. The van der Waals surface area contributed by atoms with Crippen LogP contribution >= 0.6 is 0 Å². The van der Waals surface area contributed by atoms with Gasteiger partial charge in [0.05, 0.1) is 16.8 Å². The van der Waals surface area contributed by atoms with Crippen LogP contribution in [0.25, 0.3) is 33.8 Å². The molecule has 176 valence electrons. The topological polar surface area (TPSA) is 119 Å². The van der Waals surface area contributed by atoms with E-state index < -0.39 is 0 Å². The van der Waals surface area contributed by atoms with Crippen LogP contribution in [0.5, 0.6) is 0 Å². The number of hydrogen-bond acceptors (Lipinski definition) is 8. The van der Waals surface area contributed by atoms with Crippen molar-refractivity contribution in [1.29, 1.82) is 0 Å². The zero-order chi connectivity index (χ0) is 23.8. The number of piperidine rings is 1. The molecule has 0 unspecified atom stereocenters. The van der Waals surface area contributed by atoms with Crippen LogP contribution < -0.4 is 5.73 Å². The third-order valence-corrected chi connectivity index (χ3v) is 6.65. The van der Waals surface area contributed by atoms with Gasteiger partial charge in [-0.25, -0.2) is 9.61 Å². The molecule has 1 fully saturated rings. The molecule has 1 aliphatic heterocycles. The van der Waals surface area contributed by atoms with Crippen molar-refractivity contribution < 1.29 is 9.42 Å². The maximum absolute atomic E-state index is 13.8. The second-order valence-corrected chi connectivity index (χ2v) is 8.71. The maximum Gasteiger partial charge on any atom is 0.257 e. The predicted molar refractivity (Wildman–Crippen MR) is 129 cm³/mol. The molecule has 10 nitrogen and oxygen atoms in total. The first-order valence-electron chi connectivity index (χ1n) is 11.5. The van der Waals surface area contributed by atoms with Crippen LogP contribution in [0.4, 0.5) is 5.82 Å². The fourth-order valence-corrected chi connectivity index (χ4v) is 4.68. The Hall–Kier alpha value is -3.79. The van der Waals surface area contributed by atoms with Gasteiger partial charge >= 0.3 is 0 Å². The smallest absolute Gasteiger partial charge is 0.257 e. The average molecular weight is 461 g/mol. The predicted octanol–water partition coefficient (Wildman–Crippen LogP) is 2.92. The van der Waals surface area contributed by atoms with Crippen molar-refractivity contribution in [2.45, 2.75) is 32.4 Å². The average Bonchev–Trinajstić information content (AvgIpc) is 3.46. The minimum absolute atomic E-state index is 0.0703. The Kier molecular flexibility index (Phi) is 5.74. The molecular weight excluding hydrogens is 432 g/mol. The van der Waals surface area contributed by atoms with E-state index in [0.29, 0.717) is 40.4 Å². The summed E-state index contributed by atoms with van der Waals surface area (Å²) in [5.41, 5.74) is 9.79. The van der Waals surface area contributed by atoms with Crippen LogP contribution in [0.15, 0.2) is 41.2 Å². The van der Waals surface area contributed by atoms with E-state index in [-0.39, 0.29) is 17.8 Å². The van der Waals surface area contributed by atoms with Gasteiger partial charge in [0, 0.05) is 31.4 Å². The second-order valence-electron chi connectivity index (χ2n) is 8.71. The molecule has 1 aliphatic rings. The molecule has 1 amide bonds. The van der Waals surface area contributed by atoms with Gasteiger partial charge < -0.3 is 20.1 Å². The second kappa shape index (κ2) is 8.86. The van der Waals surface area contributed by atoms with E-state index in [0.717, 1.165) is 31.5 Å². The van der Waals surface area contributed by atoms with Crippen LogP contribution in [0.1, 0.15) is 30.1 Å². The Morgan fingerprint density at radius 3 is 2.56 bits per heavy atom. The third-order valence-electron chi connectivity index (χ3n) is 6.65. The number of benzene rings is 1. The Morgan fingerprint density at radius 1 is 1.18 bits per heavy atom. The molecule has 0 spiro atoms. The number of rotatable bonds is 5. The van der Waals surface area contributed by atoms with E-state index in [1.807, 2.05) is 53.8 Å². The number of amides is 1. The number of carbonyl (C=O) groups is 1. The first kappa shape index (κ1) is 22.0. The van der Waals surface area contributed by atoms with Crippen molar-refractivity contribution in [3.8, 4) is 22.8 Å². The molecule has 5 rings (SSSR count). The zero-order valence-corrected chi connectivity index (χ0v) is 19.6. The Labute approximate surface area is 197 Å². The maximum atomic E-state index is 13.8. The van der Waals surface area contributed by atoms with Crippen molar-refractivity contribution in [2.24, 2.45) is 0 Å². The molecule has 0 aliphatic carbocycles. The number of aromatic nitrogens is 5. The molecule has 0 bridgehead atoms. The van der Waals surface area contributed by atoms with Gasteiger partial charge in [0.15, 0.2) is 17.3 Å². The third kappa shape index (κ3) is 3.69. The van der Waals surface area contributed by atoms with Gasteiger partial charge in [-0.05, 0) is 50.2 Å². The number of fused-ring (bicyclic) bond motifs is 1. The van der Waals surface area contributed by atoms with Crippen LogP contribution in [-0.4, -0.2) is 73.8 Å². The van der Waals surface area contributed by atoms with Crippen molar-refractivity contribution in [3.63, 3.8) is 0 Å². The van der Waals surface area contributed by atoms with Gasteiger partial charge in [0.1, 0.15) is 5.52 Å². The molecule has 10 heteroatoms. The summed E-state index contributed by atoms with van der Waals surface area (Å²) in [6.07, 6.45) is 3.55. The van der Waals surface area contributed by atoms with E-state index in [2.05, 4.69) is 22.3 Å². The van der Waals surface area contributed by atoms with Gasteiger partial charge in [-0.1, -0.05) is 30.3 Å². The van der Waals surface area contributed by atoms with Crippen LogP contribution in [0.3, 0.4) is 0 Å². The highest BCUT2D eigenvalue weighted by Gasteiger charge is 2.30. The highest BCUT2D eigenvalue weighted by atomic mass is 16.6. The van der Waals surface area contributed by atoms with Crippen LogP contribution in [0.2, 0.25) is 0 Å². The summed E-state index contributed by atoms with van der Waals surface area (Å²) in [6, 6.07) is 9.99. The van der Waals surface area contributed by atoms with Crippen molar-refractivity contribution in [1.82, 2.24) is 34.6 Å². The Bertz CT molecular complexity index is 1320. The molecule has 4 aromatic rings. The summed E-state index contributed by atoms with van der Waals surface area (Å²) in [5, 5.41) is 7.68. The van der Waals surface area contributed by atoms with Gasteiger partial charge in [-0.2, -0.15) is 0 Å². The summed E-state index contributed by atoms with van der Waals surface area (Å²) in [4.78, 5) is 27.5. The molecule has 3 aromatic heterocycles. The number of nitrogen functional groups attached to an aromatic ring is 1. The van der Waals surface area contributed by atoms with Crippen LogP contribution in [0, 0.1) is 0 Å². The summed E-state index contributed by atoms with van der Waals surface area (Å²) < 4.78 is 6.78. The minimum atomic E-state index is -0.0703. The summed E-state index contributed by atoms with van der Waals surface area (Å²) in [5.74, 6) is 0.576. The molecule has 0 saturated carbocycles. The normalized spacial score (nSPS) is 15.1. The van der Waals surface area contributed by atoms with Gasteiger partial charge in [-0.15, -0.1) is 0 Å². The Balaban J connectivity index is 1.69. The van der Waals surface area contributed by atoms with Crippen molar-refractivity contribution in [3.05, 3.63) is 42.1 Å².